The van der Waals surface area contributed by atoms with Gasteiger partial charge < -0.3 is 11.1 Å². The Morgan fingerprint density at radius 1 is 1.29 bits per heavy atom. The Hall–Kier alpha value is -0.920. The van der Waals surface area contributed by atoms with E-state index in [-0.39, 0.29) is 10.6 Å². The van der Waals surface area contributed by atoms with Gasteiger partial charge in [-0.3, -0.25) is 0 Å². The maximum absolute atomic E-state index is 11.8. The second-order valence-corrected chi connectivity index (χ2v) is 8.20. The van der Waals surface area contributed by atoms with Crippen molar-refractivity contribution in [2.24, 2.45) is 0 Å². The van der Waals surface area contributed by atoms with Gasteiger partial charge in [-0.1, -0.05) is 12.8 Å². The van der Waals surface area contributed by atoms with Crippen molar-refractivity contribution in [2.45, 2.75) is 41.9 Å². The number of anilines is 2. The van der Waals surface area contributed by atoms with E-state index >= 15 is 0 Å². The molecule has 4 N–H and O–H groups in total. The molecule has 1 aromatic carbocycles. The normalized spacial score (nSPS) is 23.0. The van der Waals surface area contributed by atoms with E-state index in [2.05, 4.69) is 16.3 Å². The van der Waals surface area contributed by atoms with Crippen molar-refractivity contribution >= 4 is 33.2 Å². The summed E-state index contributed by atoms with van der Waals surface area (Å²) in [5.74, 6) is 0. The second kappa shape index (κ2) is 6.89. The van der Waals surface area contributed by atoms with E-state index in [4.69, 9.17) is 5.73 Å². The minimum Gasteiger partial charge on any atom is -0.398 e. The summed E-state index contributed by atoms with van der Waals surface area (Å²) < 4.78 is 25.9. The number of rotatable bonds is 5. The average Bonchev–Trinajstić information content (AvgIpc) is 2.47. The molecule has 5 nitrogen and oxygen atoms in total. The molecule has 0 aromatic heterocycles. The molecule has 2 atom stereocenters. The van der Waals surface area contributed by atoms with Gasteiger partial charge in [0.15, 0.2) is 0 Å². The van der Waals surface area contributed by atoms with Crippen LogP contribution in [0.25, 0.3) is 0 Å². The Labute approximate surface area is 131 Å². The lowest BCUT2D eigenvalue weighted by Crippen LogP contribution is -2.34. The molecule has 1 aromatic rings. The Morgan fingerprint density at radius 2 is 2.00 bits per heavy atom. The predicted octanol–water partition coefficient (Wildman–Crippen LogP) is 2.26. The van der Waals surface area contributed by atoms with Crippen molar-refractivity contribution in [3.8, 4) is 0 Å². The smallest absolute Gasteiger partial charge is 0.242 e. The Kier molecular flexibility index (Phi) is 5.40. The van der Waals surface area contributed by atoms with Crippen LogP contribution in [0.3, 0.4) is 0 Å². The summed E-state index contributed by atoms with van der Waals surface area (Å²) in [7, 11) is -2.12. The minimum absolute atomic E-state index is 0.126. The third-order valence-electron chi connectivity index (χ3n) is 3.93. The van der Waals surface area contributed by atoms with Gasteiger partial charge >= 0.3 is 0 Å². The van der Waals surface area contributed by atoms with Crippen LogP contribution in [-0.2, 0) is 10.0 Å². The van der Waals surface area contributed by atoms with E-state index in [1.165, 1.54) is 26.3 Å². The van der Waals surface area contributed by atoms with Gasteiger partial charge in [0.05, 0.1) is 5.69 Å². The molecule has 1 saturated carbocycles. The molecule has 2 unspecified atom stereocenters. The van der Waals surface area contributed by atoms with Crippen molar-refractivity contribution in [3.05, 3.63) is 18.2 Å². The number of hydrogen-bond donors (Lipinski definition) is 3. The SMILES string of the molecule is CNS(=O)(=O)c1ccc(NC2CCCCC2SC)cc1N. The summed E-state index contributed by atoms with van der Waals surface area (Å²) in [5.41, 5.74) is 7.04. The van der Waals surface area contributed by atoms with Gasteiger partial charge in [0, 0.05) is 17.0 Å². The average molecular weight is 329 g/mol. The molecule has 0 aliphatic heterocycles. The van der Waals surface area contributed by atoms with Crippen molar-refractivity contribution in [1.29, 1.82) is 0 Å². The summed E-state index contributed by atoms with van der Waals surface area (Å²) >= 11 is 1.89. The first-order valence-corrected chi connectivity index (χ1v) is 9.87. The first-order chi connectivity index (χ1) is 9.97. The molecule has 0 heterocycles. The fourth-order valence-electron chi connectivity index (χ4n) is 2.75. The molecule has 0 radical (unpaired) electrons. The summed E-state index contributed by atoms with van der Waals surface area (Å²) in [4.78, 5) is 0.126. The van der Waals surface area contributed by atoms with Crippen LogP contribution in [0.4, 0.5) is 11.4 Å². The molecule has 0 bridgehead atoms. The largest absolute Gasteiger partial charge is 0.398 e. The molecule has 0 amide bonds. The Balaban J connectivity index is 2.17. The standard InChI is InChI=1S/C14H23N3O2S2/c1-16-21(18,19)14-8-7-10(9-11(14)15)17-12-5-3-4-6-13(12)20-2/h7-9,12-13,16-17H,3-6,15H2,1-2H3. The van der Waals surface area contributed by atoms with Crippen LogP contribution in [0.15, 0.2) is 23.1 Å². The summed E-state index contributed by atoms with van der Waals surface area (Å²) in [6.45, 7) is 0. The van der Waals surface area contributed by atoms with E-state index in [0.29, 0.717) is 11.3 Å². The lowest BCUT2D eigenvalue weighted by molar-refractivity contribution is 0.475. The first kappa shape index (κ1) is 16.5. The molecule has 1 aliphatic carbocycles. The van der Waals surface area contributed by atoms with Crippen LogP contribution in [0.1, 0.15) is 25.7 Å². The van der Waals surface area contributed by atoms with Crippen LogP contribution in [0, 0.1) is 0 Å². The monoisotopic (exact) mass is 329 g/mol. The highest BCUT2D eigenvalue weighted by Gasteiger charge is 2.24. The van der Waals surface area contributed by atoms with Gasteiger partial charge in [0.25, 0.3) is 0 Å². The molecule has 0 saturated heterocycles. The summed E-state index contributed by atoms with van der Waals surface area (Å²) in [5, 5.41) is 4.10. The minimum atomic E-state index is -3.50. The number of hydrogen-bond acceptors (Lipinski definition) is 5. The van der Waals surface area contributed by atoms with Gasteiger partial charge in [-0.05, 0) is 44.3 Å². The zero-order valence-corrected chi connectivity index (χ0v) is 14.1. The zero-order valence-electron chi connectivity index (χ0n) is 12.4. The van der Waals surface area contributed by atoms with Crippen LogP contribution in [-0.4, -0.2) is 33.0 Å². The van der Waals surface area contributed by atoms with Gasteiger partial charge in [0.1, 0.15) is 4.90 Å². The lowest BCUT2D eigenvalue weighted by Gasteiger charge is -2.31. The fourth-order valence-corrected chi connectivity index (χ4v) is 4.52. The van der Waals surface area contributed by atoms with Crippen molar-refractivity contribution in [1.82, 2.24) is 4.72 Å². The number of nitrogens with one attached hydrogen (secondary N) is 2. The molecular weight excluding hydrogens is 306 g/mol. The van der Waals surface area contributed by atoms with E-state index in [1.807, 2.05) is 11.8 Å². The van der Waals surface area contributed by atoms with E-state index in [1.54, 1.807) is 18.2 Å². The number of benzene rings is 1. The zero-order chi connectivity index (χ0) is 15.5. The summed E-state index contributed by atoms with van der Waals surface area (Å²) in [6, 6.07) is 5.46. The molecule has 1 aliphatic rings. The van der Waals surface area contributed by atoms with Crippen LogP contribution in [0.2, 0.25) is 0 Å². The predicted molar refractivity (Wildman–Crippen MR) is 90.3 cm³/mol. The highest BCUT2D eigenvalue weighted by Crippen LogP contribution is 2.30. The maximum Gasteiger partial charge on any atom is 0.242 e. The summed E-state index contributed by atoms with van der Waals surface area (Å²) in [6.07, 6.45) is 7.02. The molecule has 1 fully saturated rings. The number of nitrogen functional groups attached to an aromatic ring is 1. The van der Waals surface area contributed by atoms with E-state index < -0.39 is 10.0 Å². The van der Waals surface area contributed by atoms with Gasteiger partial charge in [-0.15, -0.1) is 0 Å². The Morgan fingerprint density at radius 3 is 2.62 bits per heavy atom. The second-order valence-electron chi connectivity index (χ2n) is 5.27. The van der Waals surface area contributed by atoms with E-state index in [9.17, 15) is 8.42 Å². The maximum atomic E-state index is 11.8. The van der Waals surface area contributed by atoms with Crippen molar-refractivity contribution in [2.75, 3.05) is 24.4 Å². The molecular formula is C14H23N3O2S2. The van der Waals surface area contributed by atoms with Crippen LogP contribution in [0.5, 0.6) is 0 Å². The van der Waals surface area contributed by atoms with Gasteiger partial charge in [0.2, 0.25) is 10.0 Å². The molecule has 118 valence electrons. The van der Waals surface area contributed by atoms with Crippen LogP contribution >= 0.6 is 11.8 Å². The van der Waals surface area contributed by atoms with Gasteiger partial charge in [-0.2, -0.15) is 11.8 Å². The highest BCUT2D eigenvalue weighted by atomic mass is 32.2. The van der Waals surface area contributed by atoms with Crippen LogP contribution < -0.4 is 15.8 Å². The quantitative estimate of drug-likeness (QED) is 0.722. The third-order valence-corrected chi connectivity index (χ3v) is 6.58. The van der Waals surface area contributed by atoms with Gasteiger partial charge in [-0.25, -0.2) is 13.1 Å². The van der Waals surface area contributed by atoms with E-state index in [0.717, 1.165) is 12.1 Å². The lowest BCUT2D eigenvalue weighted by atomic mass is 9.94. The molecule has 21 heavy (non-hydrogen) atoms. The fraction of sp³-hybridized carbons (Fsp3) is 0.571. The molecule has 7 heteroatoms. The number of sulfonamides is 1. The molecule has 2 rings (SSSR count). The third kappa shape index (κ3) is 3.84. The first-order valence-electron chi connectivity index (χ1n) is 7.10. The highest BCUT2D eigenvalue weighted by molar-refractivity contribution is 7.99. The topological polar surface area (TPSA) is 84.2 Å². The number of thioether (sulfide) groups is 1. The number of nitrogens with two attached hydrogens (primary N) is 1. The van der Waals surface area contributed by atoms with Crippen molar-refractivity contribution < 1.29 is 8.42 Å². The van der Waals surface area contributed by atoms with Crippen molar-refractivity contribution in [3.63, 3.8) is 0 Å². The molecule has 0 spiro atoms. The Bertz CT molecular complexity index is 590.